The summed E-state index contributed by atoms with van der Waals surface area (Å²) in [6, 6.07) is 17.4. The number of piperidine rings is 1. The highest BCUT2D eigenvalue weighted by Gasteiger charge is 2.12. The standard InChI is InChI=1S/C25H26N4S/c1-30-23-7-5-6-21(14-23)24-16-27-29-18-22(15-26-25(24)29)20-10-8-19(9-11-20)17-28-12-3-2-4-13-28/h5-11,14-16,18H,2-4,12-13,17H2,1H3. The van der Waals surface area contributed by atoms with Crippen molar-refractivity contribution < 1.29 is 0 Å². The molecule has 1 aliphatic rings. The molecule has 0 N–H and O–H groups in total. The first-order valence-electron chi connectivity index (χ1n) is 10.6. The Kier molecular flexibility index (Phi) is 5.56. The number of nitrogens with zero attached hydrogens (tertiary/aromatic N) is 4. The summed E-state index contributed by atoms with van der Waals surface area (Å²) in [5.74, 6) is 0. The zero-order valence-corrected chi connectivity index (χ0v) is 18.1. The number of likely N-dealkylation sites (tertiary alicyclic amines) is 1. The summed E-state index contributed by atoms with van der Waals surface area (Å²) in [6.07, 6.45) is 12.1. The maximum Gasteiger partial charge on any atom is 0.162 e. The van der Waals surface area contributed by atoms with Crippen LogP contribution in [0.2, 0.25) is 0 Å². The van der Waals surface area contributed by atoms with Gasteiger partial charge < -0.3 is 0 Å². The van der Waals surface area contributed by atoms with Gasteiger partial charge >= 0.3 is 0 Å². The van der Waals surface area contributed by atoms with Crippen molar-refractivity contribution in [1.82, 2.24) is 19.5 Å². The van der Waals surface area contributed by atoms with Gasteiger partial charge in [0.25, 0.3) is 0 Å². The predicted octanol–water partition coefficient (Wildman–Crippen LogP) is 5.77. The minimum Gasteiger partial charge on any atom is -0.299 e. The van der Waals surface area contributed by atoms with Crippen molar-refractivity contribution in [2.45, 2.75) is 30.7 Å². The first-order valence-corrected chi connectivity index (χ1v) is 11.8. The van der Waals surface area contributed by atoms with Gasteiger partial charge in [-0.05, 0) is 61.0 Å². The van der Waals surface area contributed by atoms with Gasteiger partial charge in [0.2, 0.25) is 0 Å². The van der Waals surface area contributed by atoms with Gasteiger partial charge in [-0.3, -0.25) is 4.90 Å². The van der Waals surface area contributed by atoms with Gasteiger partial charge in [-0.2, -0.15) is 5.10 Å². The van der Waals surface area contributed by atoms with E-state index >= 15 is 0 Å². The molecule has 0 unspecified atom stereocenters. The summed E-state index contributed by atoms with van der Waals surface area (Å²) in [7, 11) is 0. The molecule has 30 heavy (non-hydrogen) atoms. The van der Waals surface area contributed by atoms with Crippen molar-refractivity contribution in [2.24, 2.45) is 0 Å². The first kappa shape index (κ1) is 19.3. The maximum absolute atomic E-state index is 4.75. The minimum absolute atomic E-state index is 0.888. The molecule has 4 aromatic rings. The van der Waals surface area contributed by atoms with Crippen LogP contribution in [-0.2, 0) is 6.54 Å². The predicted molar refractivity (Wildman–Crippen MR) is 125 cm³/mol. The van der Waals surface area contributed by atoms with Gasteiger partial charge in [0, 0.05) is 35.0 Å². The molecule has 0 aliphatic carbocycles. The molecular formula is C25H26N4S. The van der Waals surface area contributed by atoms with E-state index < -0.39 is 0 Å². The lowest BCUT2D eigenvalue weighted by Crippen LogP contribution is -2.28. The number of hydrogen-bond acceptors (Lipinski definition) is 4. The number of fused-ring (bicyclic) bond motifs is 1. The normalized spacial score (nSPS) is 15.0. The number of aromatic nitrogens is 3. The van der Waals surface area contributed by atoms with Crippen LogP contribution in [0.5, 0.6) is 0 Å². The third kappa shape index (κ3) is 4.00. The van der Waals surface area contributed by atoms with E-state index in [1.807, 2.05) is 16.9 Å². The van der Waals surface area contributed by atoms with E-state index in [2.05, 4.69) is 71.0 Å². The van der Waals surface area contributed by atoms with Gasteiger partial charge in [-0.25, -0.2) is 9.50 Å². The van der Waals surface area contributed by atoms with E-state index in [9.17, 15) is 0 Å². The molecule has 1 aliphatic heterocycles. The summed E-state index contributed by atoms with van der Waals surface area (Å²) in [5.41, 5.74) is 6.74. The van der Waals surface area contributed by atoms with Crippen LogP contribution in [0.15, 0.2) is 72.0 Å². The highest BCUT2D eigenvalue weighted by Crippen LogP contribution is 2.28. The Balaban J connectivity index is 1.39. The fourth-order valence-electron chi connectivity index (χ4n) is 4.20. The second-order valence-electron chi connectivity index (χ2n) is 7.93. The monoisotopic (exact) mass is 414 g/mol. The van der Waals surface area contributed by atoms with Crippen LogP contribution in [0.1, 0.15) is 24.8 Å². The molecule has 0 saturated carbocycles. The van der Waals surface area contributed by atoms with Crippen LogP contribution < -0.4 is 0 Å². The average molecular weight is 415 g/mol. The summed E-state index contributed by atoms with van der Waals surface area (Å²) in [5, 5.41) is 4.57. The third-order valence-corrected chi connectivity index (χ3v) is 6.60. The van der Waals surface area contributed by atoms with Crippen molar-refractivity contribution in [3.05, 3.63) is 72.7 Å². The lowest BCUT2D eigenvalue weighted by atomic mass is 10.1. The summed E-state index contributed by atoms with van der Waals surface area (Å²) in [4.78, 5) is 8.55. The molecule has 0 radical (unpaired) electrons. The molecule has 0 spiro atoms. The Morgan fingerprint density at radius 2 is 1.73 bits per heavy atom. The first-order chi connectivity index (χ1) is 14.8. The van der Waals surface area contributed by atoms with Crippen molar-refractivity contribution in [3.8, 4) is 22.3 Å². The smallest absolute Gasteiger partial charge is 0.162 e. The van der Waals surface area contributed by atoms with E-state index in [0.717, 1.165) is 28.9 Å². The van der Waals surface area contributed by atoms with Crippen LogP contribution in [0.25, 0.3) is 27.9 Å². The van der Waals surface area contributed by atoms with Crippen molar-refractivity contribution in [2.75, 3.05) is 19.3 Å². The quantitative estimate of drug-likeness (QED) is 0.388. The second kappa shape index (κ2) is 8.62. The van der Waals surface area contributed by atoms with Crippen LogP contribution >= 0.6 is 11.8 Å². The molecule has 2 aromatic carbocycles. The topological polar surface area (TPSA) is 33.4 Å². The molecule has 152 valence electrons. The van der Waals surface area contributed by atoms with Crippen LogP contribution in [0, 0.1) is 0 Å². The van der Waals surface area contributed by atoms with E-state index in [1.54, 1.807) is 11.8 Å². The van der Waals surface area contributed by atoms with Gasteiger partial charge in [0.15, 0.2) is 5.65 Å². The van der Waals surface area contributed by atoms with Crippen LogP contribution in [-0.4, -0.2) is 38.8 Å². The second-order valence-corrected chi connectivity index (χ2v) is 8.81. The molecule has 5 heteroatoms. The Labute approximate surface area is 182 Å². The molecule has 5 rings (SSSR count). The molecule has 1 fully saturated rings. The van der Waals surface area contributed by atoms with Crippen molar-refractivity contribution in [3.63, 3.8) is 0 Å². The molecule has 3 heterocycles. The number of benzene rings is 2. The Hall–Kier alpha value is -2.63. The third-order valence-electron chi connectivity index (χ3n) is 5.88. The maximum atomic E-state index is 4.75. The molecule has 0 bridgehead atoms. The van der Waals surface area contributed by atoms with E-state index in [4.69, 9.17) is 4.98 Å². The zero-order chi connectivity index (χ0) is 20.3. The van der Waals surface area contributed by atoms with Crippen LogP contribution in [0.3, 0.4) is 0 Å². The molecule has 1 saturated heterocycles. The summed E-state index contributed by atoms with van der Waals surface area (Å²) >= 11 is 1.75. The molecule has 2 aromatic heterocycles. The van der Waals surface area contributed by atoms with Gasteiger partial charge in [0.1, 0.15) is 0 Å². The fourth-order valence-corrected chi connectivity index (χ4v) is 4.66. The number of thioether (sulfide) groups is 1. The lowest BCUT2D eigenvalue weighted by molar-refractivity contribution is 0.221. The van der Waals surface area contributed by atoms with Gasteiger partial charge in [0.05, 0.1) is 6.20 Å². The highest BCUT2D eigenvalue weighted by molar-refractivity contribution is 7.98. The Morgan fingerprint density at radius 1 is 0.900 bits per heavy atom. The lowest BCUT2D eigenvalue weighted by Gasteiger charge is -2.26. The SMILES string of the molecule is CSc1cccc(-c2cnn3cc(-c4ccc(CN5CCCCC5)cc4)cnc23)c1. The van der Waals surface area contributed by atoms with Gasteiger partial charge in [-0.15, -0.1) is 11.8 Å². The molecular weight excluding hydrogens is 388 g/mol. The van der Waals surface area contributed by atoms with E-state index in [-0.39, 0.29) is 0 Å². The average Bonchev–Trinajstić information content (AvgIpc) is 3.24. The zero-order valence-electron chi connectivity index (χ0n) is 17.3. The Morgan fingerprint density at radius 3 is 2.53 bits per heavy atom. The summed E-state index contributed by atoms with van der Waals surface area (Å²) in [6.45, 7) is 3.50. The van der Waals surface area contributed by atoms with Crippen LogP contribution in [0.4, 0.5) is 0 Å². The van der Waals surface area contributed by atoms with E-state index in [1.165, 1.54) is 48.4 Å². The molecule has 0 atom stereocenters. The largest absolute Gasteiger partial charge is 0.299 e. The molecule has 4 nitrogen and oxygen atoms in total. The summed E-state index contributed by atoms with van der Waals surface area (Å²) < 4.78 is 1.89. The minimum atomic E-state index is 0.888. The van der Waals surface area contributed by atoms with Crippen molar-refractivity contribution in [1.29, 1.82) is 0 Å². The Bertz CT molecular complexity index is 1140. The molecule has 0 amide bonds. The van der Waals surface area contributed by atoms with E-state index in [0.29, 0.717) is 0 Å². The van der Waals surface area contributed by atoms with Gasteiger partial charge in [-0.1, -0.05) is 42.8 Å². The van der Waals surface area contributed by atoms with Crippen molar-refractivity contribution >= 4 is 17.4 Å². The fraction of sp³-hybridized carbons (Fsp3) is 0.280. The number of hydrogen-bond donors (Lipinski definition) is 0. The number of rotatable bonds is 5. The highest BCUT2D eigenvalue weighted by atomic mass is 32.2.